The highest BCUT2D eigenvalue weighted by Crippen LogP contribution is 2.26. The Labute approximate surface area is 159 Å². The van der Waals surface area contributed by atoms with Crippen LogP contribution in [0.4, 0.5) is 0 Å². The SMILES string of the molecule is COCCN1CCN(C(=O)c2cccc(-c3ccc4occc4c3)c2)CC1. The van der Waals surface area contributed by atoms with Crippen LogP contribution in [0.2, 0.25) is 0 Å². The molecule has 0 atom stereocenters. The molecule has 4 rings (SSSR count). The zero-order valence-electron chi connectivity index (χ0n) is 15.6. The minimum absolute atomic E-state index is 0.104. The molecule has 2 aromatic carbocycles. The molecule has 0 unspecified atom stereocenters. The number of carbonyl (C=O) groups excluding carboxylic acids is 1. The number of amides is 1. The first-order valence-electron chi connectivity index (χ1n) is 9.33. The Bertz CT molecular complexity index is 926. The van der Waals surface area contributed by atoms with Gasteiger partial charge in [-0.1, -0.05) is 18.2 Å². The lowest BCUT2D eigenvalue weighted by atomic mass is 10.0. The highest BCUT2D eigenvalue weighted by Gasteiger charge is 2.22. The topological polar surface area (TPSA) is 45.9 Å². The summed E-state index contributed by atoms with van der Waals surface area (Å²) in [6, 6.07) is 15.9. The van der Waals surface area contributed by atoms with Gasteiger partial charge in [0.25, 0.3) is 5.91 Å². The molecule has 0 aliphatic carbocycles. The van der Waals surface area contributed by atoms with Crippen molar-refractivity contribution >= 4 is 16.9 Å². The number of hydrogen-bond donors (Lipinski definition) is 0. The first-order valence-corrected chi connectivity index (χ1v) is 9.33. The fraction of sp³-hybridized carbons (Fsp3) is 0.318. The third-order valence-corrected chi connectivity index (χ3v) is 5.17. The molecule has 1 fully saturated rings. The van der Waals surface area contributed by atoms with Crippen molar-refractivity contribution in [2.24, 2.45) is 0 Å². The molecule has 0 saturated carbocycles. The van der Waals surface area contributed by atoms with Gasteiger partial charge in [-0.15, -0.1) is 0 Å². The molecule has 0 N–H and O–H groups in total. The van der Waals surface area contributed by atoms with Gasteiger partial charge in [-0.05, 0) is 41.5 Å². The maximum absolute atomic E-state index is 12.9. The summed E-state index contributed by atoms with van der Waals surface area (Å²) in [5, 5.41) is 1.07. The molecular weight excluding hydrogens is 340 g/mol. The second-order valence-electron chi connectivity index (χ2n) is 6.88. The molecule has 1 saturated heterocycles. The Hall–Kier alpha value is -2.63. The van der Waals surface area contributed by atoms with Crippen LogP contribution < -0.4 is 0 Å². The second kappa shape index (κ2) is 7.94. The molecule has 0 radical (unpaired) electrons. The van der Waals surface area contributed by atoms with E-state index in [0.717, 1.165) is 67.0 Å². The van der Waals surface area contributed by atoms with E-state index in [1.54, 1.807) is 13.4 Å². The minimum atomic E-state index is 0.104. The van der Waals surface area contributed by atoms with E-state index in [-0.39, 0.29) is 5.91 Å². The normalized spacial score (nSPS) is 15.4. The molecule has 1 aromatic heterocycles. The summed E-state index contributed by atoms with van der Waals surface area (Å²) in [7, 11) is 1.72. The molecule has 5 nitrogen and oxygen atoms in total. The van der Waals surface area contributed by atoms with E-state index in [1.807, 2.05) is 47.4 Å². The van der Waals surface area contributed by atoms with Crippen molar-refractivity contribution in [2.75, 3.05) is 46.4 Å². The summed E-state index contributed by atoms with van der Waals surface area (Å²) >= 11 is 0. The average molecular weight is 364 g/mol. The second-order valence-corrected chi connectivity index (χ2v) is 6.88. The Balaban J connectivity index is 1.48. The van der Waals surface area contributed by atoms with Gasteiger partial charge >= 0.3 is 0 Å². The quantitative estimate of drug-likeness (QED) is 0.695. The largest absolute Gasteiger partial charge is 0.464 e. The Morgan fingerprint density at radius 2 is 1.85 bits per heavy atom. The third kappa shape index (κ3) is 3.89. The van der Waals surface area contributed by atoms with Gasteiger partial charge in [0.15, 0.2) is 0 Å². The predicted octanol–water partition coefficient (Wildman–Crippen LogP) is 3.50. The zero-order chi connectivity index (χ0) is 18.6. The number of nitrogens with zero attached hydrogens (tertiary/aromatic N) is 2. The van der Waals surface area contributed by atoms with Crippen LogP contribution in [0.15, 0.2) is 59.2 Å². The van der Waals surface area contributed by atoms with E-state index in [0.29, 0.717) is 0 Å². The van der Waals surface area contributed by atoms with Gasteiger partial charge in [-0.25, -0.2) is 0 Å². The van der Waals surface area contributed by atoms with Crippen molar-refractivity contribution in [3.05, 3.63) is 60.4 Å². The fourth-order valence-corrected chi connectivity index (χ4v) is 3.56. The number of piperazine rings is 1. The Morgan fingerprint density at radius 1 is 1.04 bits per heavy atom. The number of ether oxygens (including phenoxy) is 1. The maximum Gasteiger partial charge on any atom is 0.253 e. The van der Waals surface area contributed by atoms with Gasteiger partial charge in [0.05, 0.1) is 12.9 Å². The van der Waals surface area contributed by atoms with Crippen molar-refractivity contribution in [1.82, 2.24) is 9.80 Å². The average Bonchev–Trinajstić information content (AvgIpc) is 3.20. The zero-order valence-corrected chi connectivity index (χ0v) is 15.6. The molecule has 3 aromatic rings. The Morgan fingerprint density at radius 3 is 2.67 bits per heavy atom. The first kappa shape index (κ1) is 17.8. The summed E-state index contributed by atoms with van der Waals surface area (Å²) in [4.78, 5) is 17.2. The lowest BCUT2D eigenvalue weighted by Gasteiger charge is -2.34. The van der Waals surface area contributed by atoms with Gasteiger partial charge in [0, 0.05) is 50.8 Å². The molecule has 140 valence electrons. The van der Waals surface area contributed by atoms with E-state index in [4.69, 9.17) is 9.15 Å². The number of hydrogen-bond acceptors (Lipinski definition) is 4. The third-order valence-electron chi connectivity index (χ3n) is 5.17. The summed E-state index contributed by atoms with van der Waals surface area (Å²) in [5.74, 6) is 0.104. The van der Waals surface area contributed by atoms with Crippen LogP contribution in [0.1, 0.15) is 10.4 Å². The highest BCUT2D eigenvalue weighted by atomic mass is 16.5. The summed E-state index contributed by atoms with van der Waals surface area (Å²) in [5.41, 5.74) is 3.74. The molecule has 1 aliphatic rings. The van der Waals surface area contributed by atoms with E-state index in [1.165, 1.54) is 0 Å². The van der Waals surface area contributed by atoms with E-state index >= 15 is 0 Å². The van der Waals surface area contributed by atoms with E-state index < -0.39 is 0 Å². The number of furan rings is 1. The van der Waals surface area contributed by atoms with Crippen LogP contribution in [0.5, 0.6) is 0 Å². The van der Waals surface area contributed by atoms with Crippen molar-refractivity contribution in [1.29, 1.82) is 0 Å². The van der Waals surface area contributed by atoms with Gasteiger partial charge in [-0.3, -0.25) is 9.69 Å². The number of benzene rings is 2. The molecule has 27 heavy (non-hydrogen) atoms. The predicted molar refractivity (Wildman–Crippen MR) is 106 cm³/mol. The standard InChI is InChI=1S/C22H24N2O3/c1-26-14-12-23-8-10-24(11-9-23)22(25)20-4-2-3-17(16-20)18-5-6-21-19(15-18)7-13-27-21/h2-7,13,15-16H,8-12,14H2,1H3. The lowest BCUT2D eigenvalue weighted by molar-refractivity contribution is 0.0594. The van der Waals surface area contributed by atoms with Gasteiger partial charge in [-0.2, -0.15) is 0 Å². The highest BCUT2D eigenvalue weighted by molar-refractivity contribution is 5.96. The number of fused-ring (bicyclic) bond motifs is 1. The van der Waals surface area contributed by atoms with Crippen LogP contribution in [0.25, 0.3) is 22.1 Å². The van der Waals surface area contributed by atoms with Crippen molar-refractivity contribution in [2.45, 2.75) is 0 Å². The molecule has 0 spiro atoms. The monoisotopic (exact) mass is 364 g/mol. The lowest BCUT2D eigenvalue weighted by Crippen LogP contribution is -2.49. The van der Waals surface area contributed by atoms with Gasteiger partial charge < -0.3 is 14.1 Å². The van der Waals surface area contributed by atoms with Gasteiger partial charge in [0.2, 0.25) is 0 Å². The molecule has 0 bridgehead atoms. The minimum Gasteiger partial charge on any atom is -0.464 e. The summed E-state index contributed by atoms with van der Waals surface area (Å²) in [6.45, 7) is 4.96. The first-order chi connectivity index (χ1) is 13.2. The number of methoxy groups -OCH3 is 1. The van der Waals surface area contributed by atoms with Crippen LogP contribution >= 0.6 is 0 Å². The number of carbonyl (C=O) groups is 1. The molecule has 1 amide bonds. The molecule has 1 aliphatic heterocycles. The smallest absolute Gasteiger partial charge is 0.253 e. The number of rotatable bonds is 5. The van der Waals surface area contributed by atoms with Crippen LogP contribution in [0.3, 0.4) is 0 Å². The van der Waals surface area contributed by atoms with Crippen molar-refractivity contribution in [3.63, 3.8) is 0 Å². The van der Waals surface area contributed by atoms with E-state index in [9.17, 15) is 4.79 Å². The van der Waals surface area contributed by atoms with Gasteiger partial charge in [0.1, 0.15) is 5.58 Å². The fourth-order valence-electron chi connectivity index (χ4n) is 3.56. The van der Waals surface area contributed by atoms with Crippen LogP contribution in [-0.4, -0.2) is 62.1 Å². The maximum atomic E-state index is 12.9. The molecule has 5 heteroatoms. The van der Waals surface area contributed by atoms with E-state index in [2.05, 4.69) is 11.0 Å². The molecule has 2 heterocycles. The summed E-state index contributed by atoms with van der Waals surface area (Å²) < 4.78 is 10.5. The van der Waals surface area contributed by atoms with Crippen LogP contribution in [0, 0.1) is 0 Å². The van der Waals surface area contributed by atoms with Crippen molar-refractivity contribution < 1.29 is 13.9 Å². The Kier molecular flexibility index (Phi) is 5.23. The summed E-state index contributed by atoms with van der Waals surface area (Å²) in [6.07, 6.45) is 1.70. The van der Waals surface area contributed by atoms with Crippen LogP contribution in [-0.2, 0) is 4.74 Å². The van der Waals surface area contributed by atoms with Crippen molar-refractivity contribution in [3.8, 4) is 11.1 Å². The molecular formula is C22H24N2O3.